The molecule has 58 valence electrons. The van der Waals surface area contributed by atoms with E-state index >= 15 is 0 Å². The average Bonchev–Trinajstić information content (AvgIpc) is 2.37. The van der Waals surface area contributed by atoms with Crippen molar-refractivity contribution in [2.24, 2.45) is 0 Å². The quantitative estimate of drug-likeness (QED) is 0.696. The zero-order valence-corrected chi connectivity index (χ0v) is 7.60. The van der Waals surface area contributed by atoms with Crippen molar-refractivity contribution in [3.8, 4) is 0 Å². The normalized spacial score (nSPS) is 15.8. The number of nitrogens with one attached hydrogen (secondary N) is 1. The van der Waals surface area contributed by atoms with Gasteiger partial charge in [0.2, 0.25) is 0 Å². The lowest BCUT2D eigenvalue weighted by molar-refractivity contribution is 0.0811. The lowest BCUT2D eigenvalue weighted by Gasteiger charge is -2.05. The van der Waals surface area contributed by atoms with Crippen LogP contribution in [0.3, 0.4) is 0 Å². The van der Waals surface area contributed by atoms with E-state index in [1.54, 1.807) is 11.9 Å². The third kappa shape index (κ3) is 0.894. The van der Waals surface area contributed by atoms with E-state index in [1.165, 1.54) is 0 Å². The Labute approximate surface area is 72.5 Å². The van der Waals surface area contributed by atoms with Gasteiger partial charge in [-0.3, -0.25) is 4.79 Å². The van der Waals surface area contributed by atoms with Crippen molar-refractivity contribution in [1.82, 2.24) is 9.88 Å². The number of amides is 1. The summed E-state index contributed by atoms with van der Waals surface area (Å²) in [7, 11) is 1.80. The summed E-state index contributed by atoms with van der Waals surface area (Å²) in [6, 6.07) is 1.94. The Balaban J connectivity index is 2.52. The highest BCUT2D eigenvalue weighted by atomic mass is 79.9. The third-order valence-corrected chi connectivity index (χ3v) is 2.26. The number of aromatic amines is 1. The maximum Gasteiger partial charge on any atom is 0.270 e. The highest BCUT2D eigenvalue weighted by Crippen LogP contribution is 2.23. The number of hydrogen-bond donors (Lipinski definition) is 1. The van der Waals surface area contributed by atoms with E-state index in [0.29, 0.717) is 0 Å². The molecule has 0 saturated heterocycles. The minimum absolute atomic E-state index is 0.0747. The zero-order chi connectivity index (χ0) is 8.01. The molecule has 0 aliphatic carbocycles. The smallest absolute Gasteiger partial charge is 0.270 e. The van der Waals surface area contributed by atoms with Gasteiger partial charge in [-0.2, -0.15) is 0 Å². The molecule has 1 aromatic heterocycles. The molecule has 4 heteroatoms. The van der Waals surface area contributed by atoms with Gasteiger partial charge in [-0.15, -0.1) is 0 Å². The maximum absolute atomic E-state index is 11.3. The van der Waals surface area contributed by atoms with Crippen molar-refractivity contribution in [2.45, 2.75) is 6.54 Å². The Kier molecular flexibility index (Phi) is 1.32. The Morgan fingerprint density at radius 2 is 2.45 bits per heavy atom. The van der Waals surface area contributed by atoms with Crippen LogP contribution in [0, 0.1) is 0 Å². The summed E-state index contributed by atoms with van der Waals surface area (Å²) in [5.74, 6) is 0.0747. The van der Waals surface area contributed by atoms with Gasteiger partial charge in [-0.25, -0.2) is 0 Å². The third-order valence-electron chi connectivity index (χ3n) is 1.83. The molecule has 0 unspecified atom stereocenters. The van der Waals surface area contributed by atoms with Crippen LogP contribution < -0.4 is 0 Å². The predicted octanol–water partition coefficient (Wildman–Crippen LogP) is 1.36. The molecule has 0 spiro atoms. The van der Waals surface area contributed by atoms with Crippen molar-refractivity contribution < 1.29 is 4.79 Å². The fourth-order valence-corrected chi connectivity index (χ4v) is 1.77. The molecular weight excluding hydrogens is 208 g/mol. The number of carbonyl (C=O) groups is 1. The molecule has 0 saturated carbocycles. The van der Waals surface area contributed by atoms with Gasteiger partial charge in [0, 0.05) is 19.2 Å². The highest BCUT2D eigenvalue weighted by molar-refractivity contribution is 9.10. The van der Waals surface area contributed by atoms with E-state index in [0.717, 1.165) is 22.4 Å². The van der Waals surface area contributed by atoms with Crippen LogP contribution in [0.25, 0.3) is 0 Å². The summed E-state index contributed by atoms with van der Waals surface area (Å²) in [6.45, 7) is 0.719. The van der Waals surface area contributed by atoms with Crippen LogP contribution in [-0.4, -0.2) is 22.8 Å². The van der Waals surface area contributed by atoms with E-state index in [2.05, 4.69) is 20.9 Å². The van der Waals surface area contributed by atoms with Crippen molar-refractivity contribution in [3.05, 3.63) is 21.9 Å². The van der Waals surface area contributed by atoms with E-state index in [1.807, 2.05) is 6.07 Å². The Morgan fingerprint density at radius 3 is 3.09 bits per heavy atom. The molecule has 0 atom stereocenters. The molecule has 2 heterocycles. The van der Waals surface area contributed by atoms with Crippen molar-refractivity contribution in [2.75, 3.05) is 7.05 Å². The van der Waals surface area contributed by atoms with E-state index < -0.39 is 0 Å². The molecule has 1 aliphatic heterocycles. The number of carbonyl (C=O) groups excluding carboxylic acids is 1. The van der Waals surface area contributed by atoms with E-state index in [4.69, 9.17) is 0 Å². The second kappa shape index (κ2) is 2.11. The van der Waals surface area contributed by atoms with Gasteiger partial charge in [0.1, 0.15) is 5.69 Å². The van der Waals surface area contributed by atoms with Crippen LogP contribution in [0.15, 0.2) is 10.7 Å². The second-order valence-corrected chi connectivity index (χ2v) is 3.53. The largest absolute Gasteiger partial charge is 0.345 e. The topological polar surface area (TPSA) is 36.1 Å². The molecule has 0 aromatic carbocycles. The van der Waals surface area contributed by atoms with E-state index in [-0.39, 0.29) is 5.91 Å². The number of hydrogen-bond acceptors (Lipinski definition) is 1. The number of fused-ring (bicyclic) bond motifs is 1. The fraction of sp³-hybridized carbons (Fsp3) is 0.286. The predicted molar refractivity (Wildman–Crippen MR) is 44.3 cm³/mol. The lowest BCUT2D eigenvalue weighted by Crippen LogP contribution is -2.18. The molecule has 0 fully saturated rings. The SMILES string of the molecule is CN1Cc2cc(Br)[nH]c2C1=O. The van der Waals surface area contributed by atoms with Crippen LogP contribution >= 0.6 is 15.9 Å². The maximum atomic E-state index is 11.3. The average molecular weight is 215 g/mol. The minimum Gasteiger partial charge on any atom is -0.345 e. The molecule has 3 nitrogen and oxygen atoms in total. The molecule has 0 bridgehead atoms. The highest BCUT2D eigenvalue weighted by Gasteiger charge is 2.26. The zero-order valence-electron chi connectivity index (χ0n) is 6.02. The standard InChI is InChI=1S/C7H7BrN2O/c1-10-3-4-2-5(8)9-6(4)7(10)11/h2,9H,3H2,1H3. The van der Waals surface area contributed by atoms with Gasteiger partial charge in [-0.1, -0.05) is 0 Å². The number of aromatic nitrogens is 1. The van der Waals surface area contributed by atoms with Gasteiger partial charge in [-0.05, 0) is 22.0 Å². The molecule has 2 rings (SSSR count). The molecule has 0 radical (unpaired) electrons. The van der Waals surface area contributed by atoms with Crippen LogP contribution in [0.1, 0.15) is 16.1 Å². The fourth-order valence-electron chi connectivity index (χ4n) is 1.29. The Hall–Kier alpha value is -0.770. The van der Waals surface area contributed by atoms with E-state index in [9.17, 15) is 4.79 Å². The van der Waals surface area contributed by atoms with Crippen LogP contribution in [-0.2, 0) is 6.54 Å². The van der Waals surface area contributed by atoms with Gasteiger partial charge in [0.25, 0.3) is 5.91 Å². The number of H-pyrrole nitrogens is 1. The van der Waals surface area contributed by atoms with Gasteiger partial charge in [0.05, 0.1) is 4.60 Å². The molecule has 1 aliphatic rings. The van der Waals surface area contributed by atoms with Gasteiger partial charge >= 0.3 is 0 Å². The first kappa shape index (κ1) is 6.91. The lowest BCUT2D eigenvalue weighted by atomic mass is 10.3. The first-order chi connectivity index (χ1) is 5.18. The van der Waals surface area contributed by atoms with Crippen LogP contribution in [0.4, 0.5) is 0 Å². The molecule has 1 N–H and O–H groups in total. The second-order valence-electron chi connectivity index (χ2n) is 2.68. The van der Waals surface area contributed by atoms with Gasteiger partial charge in [0.15, 0.2) is 0 Å². The molecule has 1 aromatic rings. The van der Waals surface area contributed by atoms with Gasteiger partial charge < -0.3 is 9.88 Å². The van der Waals surface area contributed by atoms with Crippen LogP contribution in [0.2, 0.25) is 0 Å². The van der Waals surface area contributed by atoms with Crippen LogP contribution in [0.5, 0.6) is 0 Å². The molecule has 11 heavy (non-hydrogen) atoms. The summed E-state index contributed by atoms with van der Waals surface area (Å²) in [5, 5.41) is 0. The number of halogens is 1. The Morgan fingerprint density at radius 1 is 1.73 bits per heavy atom. The van der Waals surface area contributed by atoms with Crippen molar-refractivity contribution in [3.63, 3.8) is 0 Å². The summed E-state index contributed by atoms with van der Waals surface area (Å²) in [6.07, 6.45) is 0. The summed E-state index contributed by atoms with van der Waals surface area (Å²) in [5.41, 5.74) is 1.80. The summed E-state index contributed by atoms with van der Waals surface area (Å²) in [4.78, 5) is 15.9. The first-order valence-electron chi connectivity index (χ1n) is 3.31. The number of nitrogens with zero attached hydrogens (tertiary/aromatic N) is 1. The monoisotopic (exact) mass is 214 g/mol. The first-order valence-corrected chi connectivity index (χ1v) is 4.10. The molecule has 1 amide bonds. The summed E-state index contributed by atoms with van der Waals surface area (Å²) < 4.78 is 0.879. The summed E-state index contributed by atoms with van der Waals surface area (Å²) >= 11 is 3.28. The van der Waals surface area contributed by atoms with Crippen molar-refractivity contribution in [1.29, 1.82) is 0 Å². The molecular formula is C7H7BrN2O. The Bertz CT molecular complexity index is 318. The minimum atomic E-state index is 0.0747. The number of rotatable bonds is 0. The van der Waals surface area contributed by atoms with Crippen molar-refractivity contribution >= 4 is 21.8 Å².